The Morgan fingerprint density at radius 3 is 2.50 bits per heavy atom. The van der Waals surface area contributed by atoms with E-state index in [0.717, 1.165) is 64.8 Å². The van der Waals surface area contributed by atoms with Gasteiger partial charge in [-0.1, -0.05) is 30.3 Å². The maximum Gasteiger partial charge on any atom is 0.495 e. The molecule has 0 bridgehead atoms. The summed E-state index contributed by atoms with van der Waals surface area (Å²) >= 11 is 0. The molecular formula is C31H36BN5O3. The first-order valence-electron chi connectivity index (χ1n) is 14.0. The molecule has 0 saturated carbocycles. The zero-order chi connectivity index (χ0) is 28.2. The van der Waals surface area contributed by atoms with Crippen LogP contribution in [0.5, 0.6) is 0 Å². The summed E-state index contributed by atoms with van der Waals surface area (Å²) in [6.07, 6.45) is 4.07. The third kappa shape index (κ3) is 4.47. The maximum absolute atomic E-state index is 12.1. The third-order valence-electron chi connectivity index (χ3n) is 8.68. The van der Waals surface area contributed by atoms with E-state index in [1.54, 1.807) is 6.07 Å². The molecule has 6 rings (SSSR count). The van der Waals surface area contributed by atoms with E-state index in [1.807, 2.05) is 41.8 Å². The smallest absolute Gasteiger partial charge is 0.399 e. The average molecular weight is 537 g/mol. The van der Waals surface area contributed by atoms with Crippen LogP contribution in [0.25, 0.3) is 16.9 Å². The molecule has 9 heteroatoms. The van der Waals surface area contributed by atoms with E-state index < -0.39 is 24.2 Å². The minimum atomic E-state index is -0.447. The predicted octanol–water partition coefficient (Wildman–Crippen LogP) is 4.62. The number of nitrogens with one attached hydrogen (secondary N) is 1. The van der Waals surface area contributed by atoms with E-state index >= 15 is 0 Å². The lowest BCUT2D eigenvalue weighted by atomic mass is 9.76. The Bertz CT molecular complexity index is 1610. The van der Waals surface area contributed by atoms with Gasteiger partial charge in [0.05, 0.1) is 22.4 Å². The van der Waals surface area contributed by atoms with Crippen molar-refractivity contribution in [3.8, 4) is 5.95 Å². The lowest BCUT2D eigenvalue weighted by Crippen LogP contribution is -2.41. The maximum atomic E-state index is 12.1. The van der Waals surface area contributed by atoms with Crippen LogP contribution < -0.4 is 16.5 Å². The number of anilines is 1. The SMILES string of the molecule is Cc1cc2c(C(N)=O)cccc2n1-c1nc2c(c(NCc3ccccc3B3OC(C)(C)C(C)(C)O3)n1)CCCC2. The number of nitrogens with zero attached hydrogens (tertiary/aromatic N) is 3. The minimum Gasteiger partial charge on any atom is -0.399 e. The van der Waals surface area contributed by atoms with Gasteiger partial charge in [-0.2, -0.15) is 4.98 Å². The van der Waals surface area contributed by atoms with Gasteiger partial charge < -0.3 is 20.4 Å². The molecule has 0 unspecified atom stereocenters. The minimum absolute atomic E-state index is 0.412. The fourth-order valence-corrected chi connectivity index (χ4v) is 5.74. The highest BCUT2D eigenvalue weighted by molar-refractivity contribution is 6.62. The Kier molecular flexibility index (Phi) is 6.47. The van der Waals surface area contributed by atoms with E-state index in [1.165, 1.54) is 5.56 Å². The van der Waals surface area contributed by atoms with Crippen LogP contribution in [0, 0.1) is 6.92 Å². The van der Waals surface area contributed by atoms with Crippen molar-refractivity contribution in [2.45, 2.75) is 78.0 Å². The summed E-state index contributed by atoms with van der Waals surface area (Å²) in [5.74, 6) is 0.990. The molecule has 0 radical (unpaired) electrons. The van der Waals surface area contributed by atoms with Crippen molar-refractivity contribution in [1.82, 2.24) is 14.5 Å². The second kappa shape index (κ2) is 9.75. The fraction of sp³-hybridized carbons (Fsp3) is 0.387. The van der Waals surface area contributed by atoms with Gasteiger partial charge in [0.2, 0.25) is 11.9 Å². The Hall–Kier alpha value is -3.69. The van der Waals surface area contributed by atoms with Crippen molar-refractivity contribution >= 4 is 35.2 Å². The summed E-state index contributed by atoms with van der Waals surface area (Å²) in [5.41, 5.74) is 11.5. The number of amides is 1. The first kappa shape index (κ1) is 26.5. The van der Waals surface area contributed by atoms with Crippen LogP contribution in [0.15, 0.2) is 48.5 Å². The standard InChI is InChI=1S/C31H36BN5O3/c1-19-17-23-21(27(33)38)13-10-16-26(23)37(19)29-35-25-15-9-7-12-22(25)28(36-29)34-18-20-11-6-8-14-24(20)32-39-30(2,3)31(4,5)40-32/h6,8,10-11,13-14,16-17H,7,9,12,15,18H2,1-5H3,(H2,33,38)(H,34,35,36). The van der Waals surface area contributed by atoms with Gasteiger partial charge in [0.1, 0.15) is 5.82 Å². The summed E-state index contributed by atoms with van der Waals surface area (Å²) in [6, 6.07) is 15.8. The molecule has 0 atom stereocenters. The van der Waals surface area contributed by atoms with Gasteiger partial charge in [-0.05, 0) is 89.5 Å². The number of primary amides is 1. The Morgan fingerprint density at radius 1 is 1.02 bits per heavy atom. The molecule has 2 aromatic carbocycles. The number of hydrogen-bond acceptors (Lipinski definition) is 6. The largest absolute Gasteiger partial charge is 0.495 e. The highest BCUT2D eigenvalue weighted by atomic mass is 16.7. The van der Waals surface area contributed by atoms with Crippen LogP contribution in [0.1, 0.15) is 73.4 Å². The molecule has 1 aliphatic carbocycles. The van der Waals surface area contributed by atoms with Crippen molar-refractivity contribution in [3.05, 3.63) is 76.6 Å². The monoisotopic (exact) mass is 537 g/mol. The molecule has 1 amide bonds. The van der Waals surface area contributed by atoms with Crippen LogP contribution in [0.2, 0.25) is 0 Å². The van der Waals surface area contributed by atoms with Crippen LogP contribution in [-0.2, 0) is 28.7 Å². The first-order valence-corrected chi connectivity index (χ1v) is 14.0. The van der Waals surface area contributed by atoms with Crippen LogP contribution in [-0.4, -0.2) is 38.8 Å². The molecular weight excluding hydrogens is 501 g/mol. The molecule has 8 nitrogen and oxygen atoms in total. The summed E-state index contributed by atoms with van der Waals surface area (Å²) in [7, 11) is -0.439. The number of hydrogen-bond donors (Lipinski definition) is 2. The number of fused-ring (bicyclic) bond motifs is 2. The predicted molar refractivity (Wildman–Crippen MR) is 158 cm³/mol. The van der Waals surface area contributed by atoms with Crippen molar-refractivity contribution in [2.24, 2.45) is 5.73 Å². The molecule has 0 spiro atoms. The summed E-state index contributed by atoms with van der Waals surface area (Å²) in [4.78, 5) is 22.2. The molecule has 1 saturated heterocycles. The van der Waals surface area contributed by atoms with Gasteiger partial charge in [-0.25, -0.2) is 4.98 Å². The van der Waals surface area contributed by atoms with E-state index in [9.17, 15) is 4.79 Å². The Balaban J connectivity index is 1.37. The third-order valence-corrected chi connectivity index (χ3v) is 8.68. The number of nitrogens with two attached hydrogens (primary N) is 1. The summed E-state index contributed by atoms with van der Waals surface area (Å²) in [5, 5.41) is 4.45. The van der Waals surface area contributed by atoms with Crippen molar-refractivity contribution < 1.29 is 14.1 Å². The summed E-state index contributed by atoms with van der Waals surface area (Å²) in [6.45, 7) is 10.9. The topological polar surface area (TPSA) is 104 Å². The molecule has 4 aromatic rings. The number of aromatic nitrogens is 3. The number of aryl methyl sites for hydroxylation is 2. The Labute approximate surface area is 235 Å². The number of benzene rings is 2. The molecule has 3 heterocycles. The second-order valence-electron chi connectivity index (χ2n) is 11.9. The van der Waals surface area contributed by atoms with Crippen molar-refractivity contribution in [2.75, 3.05) is 5.32 Å². The lowest BCUT2D eigenvalue weighted by molar-refractivity contribution is 0.00578. The van der Waals surface area contributed by atoms with Crippen LogP contribution in [0.4, 0.5) is 5.82 Å². The van der Waals surface area contributed by atoms with Gasteiger partial charge in [0.15, 0.2) is 0 Å². The molecule has 2 aromatic heterocycles. The first-order chi connectivity index (χ1) is 19.1. The molecule has 2 aliphatic rings. The number of carbonyl (C=O) groups is 1. The number of rotatable bonds is 6. The molecule has 3 N–H and O–H groups in total. The second-order valence-corrected chi connectivity index (χ2v) is 11.9. The van der Waals surface area contributed by atoms with Crippen LogP contribution in [0.3, 0.4) is 0 Å². The molecule has 1 aliphatic heterocycles. The van der Waals surface area contributed by atoms with Crippen molar-refractivity contribution in [3.63, 3.8) is 0 Å². The summed E-state index contributed by atoms with van der Waals surface area (Å²) < 4.78 is 14.8. The average Bonchev–Trinajstić information content (AvgIpc) is 3.37. The van der Waals surface area contributed by atoms with E-state index in [0.29, 0.717) is 18.1 Å². The van der Waals surface area contributed by atoms with E-state index in [4.69, 9.17) is 25.0 Å². The van der Waals surface area contributed by atoms with Gasteiger partial charge in [0.25, 0.3) is 0 Å². The van der Waals surface area contributed by atoms with Gasteiger partial charge in [0, 0.05) is 28.8 Å². The highest BCUT2D eigenvalue weighted by Crippen LogP contribution is 2.37. The van der Waals surface area contributed by atoms with Gasteiger partial charge in [-0.15, -0.1) is 0 Å². The Morgan fingerprint density at radius 2 is 1.75 bits per heavy atom. The highest BCUT2D eigenvalue weighted by Gasteiger charge is 2.52. The zero-order valence-corrected chi connectivity index (χ0v) is 23.9. The molecule has 206 valence electrons. The van der Waals surface area contributed by atoms with E-state index in [-0.39, 0.29) is 0 Å². The number of carbonyl (C=O) groups excluding carboxylic acids is 1. The van der Waals surface area contributed by atoms with Gasteiger partial charge in [-0.3, -0.25) is 9.36 Å². The molecule has 40 heavy (non-hydrogen) atoms. The fourth-order valence-electron chi connectivity index (χ4n) is 5.74. The molecule has 1 fully saturated rings. The van der Waals surface area contributed by atoms with Crippen LogP contribution >= 0.6 is 0 Å². The van der Waals surface area contributed by atoms with Gasteiger partial charge >= 0.3 is 7.12 Å². The van der Waals surface area contributed by atoms with E-state index in [2.05, 4.69) is 45.1 Å². The normalized spacial score (nSPS) is 17.7. The quantitative estimate of drug-likeness (QED) is 0.348. The van der Waals surface area contributed by atoms with Crippen molar-refractivity contribution in [1.29, 1.82) is 0 Å². The lowest BCUT2D eigenvalue weighted by Gasteiger charge is -2.32. The zero-order valence-electron chi connectivity index (χ0n) is 23.9.